The van der Waals surface area contributed by atoms with Crippen molar-refractivity contribution < 1.29 is 58.1 Å². The first-order valence-corrected chi connectivity index (χ1v) is 23.6. The number of aromatic hydroxyl groups is 3. The number of nitrogens with zero attached hydrogens (tertiary/aromatic N) is 3. The minimum atomic E-state index is -0.252. The summed E-state index contributed by atoms with van der Waals surface area (Å²) >= 11 is 0. The van der Waals surface area contributed by atoms with Gasteiger partial charge in [-0.1, -0.05) is 80.1 Å². The Morgan fingerprint density at radius 1 is 0.439 bits per heavy atom. The number of hydrogen-bond acceptors (Lipinski definition) is 15. The van der Waals surface area contributed by atoms with E-state index in [1.165, 1.54) is 18.2 Å². The van der Waals surface area contributed by atoms with Gasteiger partial charge >= 0.3 is 17.9 Å². The number of ether oxygens (including phenoxy) is 6. The largest absolute Gasteiger partial charge is 0.507 e. The maximum atomic E-state index is 12.5. The first-order chi connectivity index (χ1) is 32.0. The highest BCUT2D eigenvalue weighted by Gasteiger charge is 2.22. The van der Waals surface area contributed by atoms with E-state index in [0.29, 0.717) is 36.5 Å². The van der Waals surface area contributed by atoms with E-state index in [1.807, 2.05) is 20.8 Å². The van der Waals surface area contributed by atoms with Gasteiger partial charge in [0, 0.05) is 18.2 Å². The Morgan fingerprint density at radius 3 is 0.939 bits per heavy atom. The molecule has 0 saturated heterocycles. The molecule has 0 bridgehead atoms. The van der Waals surface area contributed by atoms with E-state index in [4.69, 9.17) is 28.4 Å². The van der Waals surface area contributed by atoms with E-state index in [9.17, 15) is 29.7 Å². The van der Waals surface area contributed by atoms with Crippen LogP contribution in [0.3, 0.4) is 0 Å². The van der Waals surface area contributed by atoms with Gasteiger partial charge in [0.15, 0.2) is 17.5 Å². The van der Waals surface area contributed by atoms with Gasteiger partial charge in [0.05, 0.1) is 34.4 Å². The van der Waals surface area contributed by atoms with Gasteiger partial charge in [0.2, 0.25) is 0 Å². The van der Waals surface area contributed by atoms with Crippen molar-refractivity contribution in [2.75, 3.05) is 39.6 Å². The van der Waals surface area contributed by atoms with Crippen LogP contribution in [0.2, 0.25) is 0 Å². The lowest BCUT2D eigenvalue weighted by molar-refractivity contribution is -0.150. The molecule has 0 spiro atoms. The van der Waals surface area contributed by atoms with Gasteiger partial charge in [-0.05, 0) is 74.9 Å². The summed E-state index contributed by atoms with van der Waals surface area (Å²) in [5.74, 6) is -0.919. The molecule has 4 aromatic rings. The van der Waals surface area contributed by atoms with Crippen molar-refractivity contribution in [1.82, 2.24) is 15.0 Å². The first-order valence-electron chi connectivity index (χ1n) is 23.6. The topological polar surface area (TPSA) is 206 Å². The molecule has 3 N–H and O–H groups in total. The standard InChI is InChI=1S/C51H69N3O12/c1-7-13-16-34(10-4)49(58)64-28-25-61-37-19-22-40(43(55)31-37)46-52-47(41-23-20-38(32-44(41)56)62-26-29-65-50(59)35(11-5)17-14-8-2)54-48(53-46)42-24-21-39(33-45(42)57)63-27-30-66-51(60)36(12-6)18-15-9-3/h19-24,31-36,55-57H,7-18,25-30H2,1-6H3. The molecule has 3 atom stereocenters. The van der Waals surface area contributed by atoms with Gasteiger partial charge in [0.1, 0.15) is 74.1 Å². The van der Waals surface area contributed by atoms with Crippen LogP contribution >= 0.6 is 0 Å². The van der Waals surface area contributed by atoms with Gasteiger partial charge in [-0.2, -0.15) is 0 Å². The number of esters is 3. The summed E-state index contributed by atoms with van der Waals surface area (Å²) in [6.07, 6.45) is 10.3. The number of unbranched alkanes of at least 4 members (excludes halogenated alkanes) is 3. The summed E-state index contributed by atoms with van der Waals surface area (Å²) in [5, 5.41) is 33.8. The molecule has 15 nitrogen and oxygen atoms in total. The zero-order valence-corrected chi connectivity index (χ0v) is 39.5. The van der Waals surface area contributed by atoms with E-state index in [0.717, 1.165) is 57.8 Å². The third-order valence-electron chi connectivity index (χ3n) is 11.3. The Hall–Kier alpha value is -6.12. The fourth-order valence-electron chi connectivity index (χ4n) is 7.18. The van der Waals surface area contributed by atoms with Gasteiger partial charge in [-0.25, -0.2) is 15.0 Å². The van der Waals surface area contributed by atoms with Crippen LogP contribution in [-0.4, -0.2) is 87.8 Å². The van der Waals surface area contributed by atoms with E-state index < -0.39 is 0 Å². The van der Waals surface area contributed by atoms with Gasteiger partial charge in [-0.3, -0.25) is 14.4 Å². The molecule has 3 aromatic carbocycles. The Labute approximate surface area is 389 Å². The fraction of sp³-hybridized carbons (Fsp3) is 0.529. The molecule has 1 aromatic heterocycles. The highest BCUT2D eigenvalue weighted by Crippen LogP contribution is 2.38. The minimum absolute atomic E-state index is 0.0161. The molecule has 4 rings (SSSR count). The number of carbonyl (C=O) groups is 3. The second-order valence-corrected chi connectivity index (χ2v) is 16.1. The Kier molecular flexibility index (Phi) is 22.3. The maximum Gasteiger partial charge on any atom is 0.309 e. The van der Waals surface area contributed by atoms with Crippen molar-refractivity contribution >= 4 is 17.9 Å². The van der Waals surface area contributed by atoms with Crippen molar-refractivity contribution in [3.8, 4) is 68.7 Å². The van der Waals surface area contributed by atoms with Crippen LogP contribution < -0.4 is 14.2 Å². The summed E-state index contributed by atoms with van der Waals surface area (Å²) in [7, 11) is 0. The van der Waals surface area contributed by atoms with Crippen LogP contribution in [0.1, 0.15) is 119 Å². The summed E-state index contributed by atoms with van der Waals surface area (Å²) in [5.41, 5.74) is 0.593. The van der Waals surface area contributed by atoms with Crippen LogP contribution in [-0.2, 0) is 28.6 Å². The molecule has 66 heavy (non-hydrogen) atoms. The van der Waals surface area contributed by atoms with Crippen LogP contribution in [0.5, 0.6) is 34.5 Å². The molecule has 0 aliphatic heterocycles. The molecular weight excluding hydrogens is 847 g/mol. The third kappa shape index (κ3) is 16.1. The van der Waals surface area contributed by atoms with E-state index in [-0.39, 0.29) is 127 Å². The third-order valence-corrected chi connectivity index (χ3v) is 11.3. The van der Waals surface area contributed by atoms with Crippen molar-refractivity contribution in [3.05, 3.63) is 54.6 Å². The SMILES string of the molecule is CCCCC(CC)C(=O)OCCOc1ccc(-c2nc(-c3ccc(OCCOC(=O)C(CC)CCCC)cc3O)nc(-c3ccc(OCCOC(=O)C(CC)CCCC)cc3O)n2)c(O)c1. The van der Waals surface area contributed by atoms with Crippen LogP contribution in [0.25, 0.3) is 34.2 Å². The molecule has 3 unspecified atom stereocenters. The van der Waals surface area contributed by atoms with Crippen molar-refractivity contribution in [2.24, 2.45) is 17.8 Å². The van der Waals surface area contributed by atoms with Crippen LogP contribution in [0.15, 0.2) is 54.6 Å². The maximum absolute atomic E-state index is 12.5. The second kappa shape index (κ2) is 28.0. The highest BCUT2D eigenvalue weighted by atomic mass is 16.6. The minimum Gasteiger partial charge on any atom is -0.507 e. The molecule has 0 radical (unpaired) electrons. The number of carbonyl (C=O) groups excluding carboxylic acids is 3. The number of phenols is 3. The normalized spacial score (nSPS) is 12.5. The lowest BCUT2D eigenvalue weighted by Crippen LogP contribution is -2.20. The summed E-state index contributed by atoms with van der Waals surface area (Å²) < 4.78 is 33.7. The lowest BCUT2D eigenvalue weighted by Gasteiger charge is -2.15. The van der Waals surface area contributed by atoms with Gasteiger partial charge in [-0.15, -0.1) is 0 Å². The summed E-state index contributed by atoms with van der Waals surface area (Å²) in [4.78, 5) is 51.4. The number of benzene rings is 3. The molecule has 360 valence electrons. The lowest BCUT2D eigenvalue weighted by atomic mass is 10.00. The Bertz CT molecular complexity index is 1900. The first kappa shape index (κ1) is 52.5. The average molecular weight is 916 g/mol. The average Bonchev–Trinajstić information content (AvgIpc) is 3.31. The van der Waals surface area contributed by atoms with Crippen LogP contribution in [0, 0.1) is 17.8 Å². The van der Waals surface area contributed by atoms with E-state index in [2.05, 4.69) is 35.7 Å². The van der Waals surface area contributed by atoms with Gasteiger partial charge in [0.25, 0.3) is 0 Å². The molecule has 0 amide bonds. The molecule has 1 heterocycles. The fourth-order valence-corrected chi connectivity index (χ4v) is 7.18. The number of aromatic nitrogens is 3. The van der Waals surface area contributed by atoms with Gasteiger partial charge < -0.3 is 43.7 Å². The second-order valence-electron chi connectivity index (χ2n) is 16.1. The predicted octanol–water partition coefficient (Wildman–Crippen LogP) is 10.4. The van der Waals surface area contributed by atoms with E-state index >= 15 is 0 Å². The number of hydrogen-bond donors (Lipinski definition) is 3. The smallest absolute Gasteiger partial charge is 0.309 e. The van der Waals surface area contributed by atoms with Crippen molar-refractivity contribution in [1.29, 1.82) is 0 Å². The molecule has 0 saturated carbocycles. The number of rotatable bonds is 30. The van der Waals surface area contributed by atoms with E-state index in [1.54, 1.807) is 36.4 Å². The quantitative estimate of drug-likeness (QED) is 0.0253. The zero-order valence-electron chi connectivity index (χ0n) is 39.5. The molecule has 0 aliphatic rings. The predicted molar refractivity (Wildman–Crippen MR) is 250 cm³/mol. The zero-order chi connectivity index (χ0) is 47.8. The highest BCUT2D eigenvalue weighted by molar-refractivity contribution is 5.75. The van der Waals surface area contributed by atoms with Crippen LogP contribution in [0.4, 0.5) is 0 Å². The Balaban J connectivity index is 1.55. The Morgan fingerprint density at radius 2 is 0.712 bits per heavy atom. The van der Waals surface area contributed by atoms with Crippen molar-refractivity contribution in [3.63, 3.8) is 0 Å². The monoisotopic (exact) mass is 915 g/mol. The summed E-state index contributed by atoms with van der Waals surface area (Å²) in [6, 6.07) is 13.7. The number of phenolic OH excluding ortho intramolecular Hbond substituents is 3. The molecular formula is C51H69N3O12. The summed E-state index contributed by atoms with van der Waals surface area (Å²) in [6.45, 7) is 12.5. The molecule has 0 fully saturated rings. The molecule has 15 heteroatoms. The molecule has 0 aliphatic carbocycles. The van der Waals surface area contributed by atoms with Crippen molar-refractivity contribution in [2.45, 2.75) is 119 Å².